The number of aliphatic hydroxyl groups is 1. The largest absolute Gasteiger partial charge is 0.392 e. The molecule has 0 unspecified atom stereocenters. The number of hydrogen-bond donors (Lipinski definition) is 2. The summed E-state index contributed by atoms with van der Waals surface area (Å²) in [6.45, 7) is 1.49. The lowest BCUT2D eigenvalue weighted by Gasteiger charge is -2.09. The minimum absolute atomic E-state index is 0.0625. The molecule has 0 atom stereocenters. The Morgan fingerprint density at radius 3 is 2.43 bits per heavy atom. The van der Waals surface area contributed by atoms with Crippen LogP contribution >= 0.6 is 0 Å². The summed E-state index contributed by atoms with van der Waals surface area (Å²) < 4.78 is 1.83. The Morgan fingerprint density at radius 1 is 1.00 bits per heavy atom. The van der Waals surface area contributed by atoms with Crippen molar-refractivity contribution in [2.24, 2.45) is 7.05 Å². The van der Waals surface area contributed by atoms with Crippen LogP contribution in [0.3, 0.4) is 0 Å². The van der Waals surface area contributed by atoms with E-state index in [1.165, 1.54) is 0 Å². The maximum absolute atomic E-state index is 9.38. The quantitative estimate of drug-likeness (QED) is 0.733. The molecule has 23 heavy (non-hydrogen) atoms. The van der Waals surface area contributed by atoms with Crippen molar-refractivity contribution in [3.8, 4) is 11.3 Å². The summed E-state index contributed by atoms with van der Waals surface area (Å²) in [6, 6.07) is 11.8. The first-order valence-corrected chi connectivity index (χ1v) is 7.59. The molecule has 0 saturated carbocycles. The fourth-order valence-electron chi connectivity index (χ4n) is 2.64. The Morgan fingerprint density at radius 2 is 1.70 bits per heavy atom. The third-order valence-electron chi connectivity index (χ3n) is 3.78. The lowest BCUT2D eigenvalue weighted by molar-refractivity contribution is 0.280. The maximum Gasteiger partial charge on any atom is 0.0969 e. The fraction of sp³-hybridized carbons (Fsp3) is 0.222. The van der Waals surface area contributed by atoms with E-state index < -0.39 is 0 Å². The van der Waals surface area contributed by atoms with E-state index in [2.05, 4.69) is 15.4 Å². The molecule has 0 fully saturated rings. The molecule has 0 spiro atoms. The summed E-state index contributed by atoms with van der Waals surface area (Å²) in [5, 5.41) is 17.4. The van der Waals surface area contributed by atoms with Crippen molar-refractivity contribution < 1.29 is 5.11 Å². The average Bonchev–Trinajstić information content (AvgIpc) is 2.97. The van der Waals surface area contributed by atoms with Crippen molar-refractivity contribution in [2.75, 3.05) is 0 Å². The van der Waals surface area contributed by atoms with Gasteiger partial charge in [-0.05, 0) is 23.3 Å². The molecule has 1 aromatic carbocycles. The Labute approximate surface area is 135 Å². The lowest BCUT2D eigenvalue weighted by atomic mass is 10.1. The summed E-state index contributed by atoms with van der Waals surface area (Å²) in [5.41, 5.74) is 5.25. The topological polar surface area (TPSA) is 63.0 Å². The summed E-state index contributed by atoms with van der Waals surface area (Å²) in [5.74, 6) is 0. The van der Waals surface area contributed by atoms with Gasteiger partial charge in [-0.1, -0.05) is 24.3 Å². The zero-order chi connectivity index (χ0) is 16.1. The molecule has 0 aliphatic heterocycles. The second-order valence-corrected chi connectivity index (χ2v) is 5.44. The van der Waals surface area contributed by atoms with Gasteiger partial charge in [-0.15, -0.1) is 0 Å². The molecule has 3 aromatic rings. The molecular weight excluding hydrogens is 288 g/mol. The minimum atomic E-state index is 0.0625. The Hall–Kier alpha value is -2.50. The van der Waals surface area contributed by atoms with Crippen LogP contribution in [0.25, 0.3) is 11.3 Å². The van der Waals surface area contributed by atoms with E-state index in [1.807, 2.05) is 54.3 Å². The van der Waals surface area contributed by atoms with Crippen molar-refractivity contribution >= 4 is 0 Å². The van der Waals surface area contributed by atoms with Gasteiger partial charge >= 0.3 is 0 Å². The molecule has 0 aliphatic carbocycles. The Bertz CT molecular complexity index is 768. The number of nitrogens with one attached hydrogen (secondary N) is 1. The highest BCUT2D eigenvalue weighted by Gasteiger charge is 2.10. The predicted molar refractivity (Wildman–Crippen MR) is 89.3 cm³/mol. The van der Waals surface area contributed by atoms with Crippen molar-refractivity contribution in [3.63, 3.8) is 0 Å². The number of aliphatic hydroxyl groups excluding tert-OH is 1. The van der Waals surface area contributed by atoms with Crippen molar-refractivity contribution in [1.29, 1.82) is 0 Å². The van der Waals surface area contributed by atoms with Gasteiger partial charge in [-0.2, -0.15) is 5.10 Å². The highest BCUT2D eigenvalue weighted by molar-refractivity contribution is 5.61. The highest BCUT2D eigenvalue weighted by Crippen LogP contribution is 2.21. The first kappa shape index (κ1) is 15.4. The lowest BCUT2D eigenvalue weighted by Crippen LogP contribution is -2.14. The van der Waals surface area contributed by atoms with Gasteiger partial charge in [0, 0.05) is 49.9 Å². The number of pyridine rings is 1. The van der Waals surface area contributed by atoms with Crippen molar-refractivity contribution in [2.45, 2.75) is 19.7 Å². The van der Waals surface area contributed by atoms with Gasteiger partial charge in [0.2, 0.25) is 0 Å². The smallest absolute Gasteiger partial charge is 0.0969 e. The fourth-order valence-corrected chi connectivity index (χ4v) is 2.64. The molecule has 0 bridgehead atoms. The minimum Gasteiger partial charge on any atom is -0.392 e. The zero-order valence-electron chi connectivity index (χ0n) is 13.1. The van der Waals surface area contributed by atoms with E-state index in [0.717, 1.165) is 27.9 Å². The molecule has 5 nitrogen and oxygen atoms in total. The molecule has 0 radical (unpaired) electrons. The monoisotopic (exact) mass is 308 g/mol. The second kappa shape index (κ2) is 7.17. The molecule has 118 valence electrons. The van der Waals surface area contributed by atoms with Crippen molar-refractivity contribution in [3.05, 3.63) is 71.7 Å². The molecule has 2 heterocycles. The maximum atomic E-state index is 9.38. The predicted octanol–water partition coefficient (Wildman–Crippen LogP) is 2.26. The normalized spacial score (nSPS) is 10.9. The van der Waals surface area contributed by atoms with Gasteiger partial charge in [0.1, 0.15) is 0 Å². The van der Waals surface area contributed by atoms with Gasteiger partial charge in [0.25, 0.3) is 0 Å². The van der Waals surface area contributed by atoms with Gasteiger partial charge < -0.3 is 10.4 Å². The van der Waals surface area contributed by atoms with Crippen LogP contribution in [-0.2, 0) is 26.7 Å². The van der Waals surface area contributed by atoms with E-state index in [4.69, 9.17) is 0 Å². The van der Waals surface area contributed by atoms with E-state index in [9.17, 15) is 5.11 Å². The highest BCUT2D eigenvalue weighted by atomic mass is 16.3. The van der Waals surface area contributed by atoms with Crippen LogP contribution < -0.4 is 5.32 Å². The van der Waals surface area contributed by atoms with Crippen LogP contribution in [0, 0.1) is 0 Å². The molecule has 2 aromatic heterocycles. The Kier molecular flexibility index (Phi) is 4.80. The van der Waals surface area contributed by atoms with Gasteiger partial charge in [-0.25, -0.2) is 0 Å². The number of benzene rings is 1. The van der Waals surface area contributed by atoms with Crippen molar-refractivity contribution in [1.82, 2.24) is 20.1 Å². The third kappa shape index (κ3) is 3.64. The third-order valence-corrected chi connectivity index (χ3v) is 3.78. The molecule has 0 amide bonds. The van der Waals surface area contributed by atoms with Gasteiger partial charge in [0.15, 0.2) is 0 Å². The number of nitrogens with zero attached hydrogens (tertiary/aromatic N) is 3. The second-order valence-electron chi connectivity index (χ2n) is 5.44. The summed E-state index contributed by atoms with van der Waals surface area (Å²) in [4.78, 5) is 4.05. The van der Waals surface area contributed by atoms with E-state index in [1.54, 1.807) is 12.4 Å². The van der Waals surface area contributed by atoms with E-state index in [0.29, 0.717) is 13.1 Å². The van der Waals surface area contributed by atoms with Crippen LogP contribution in [0.5, 0.6) is 0 Å². The average molecular weight is 308 g/mol. The SMILES string of the molecule is Cn1cc(CNCc2ccccc2CO)c(-c2ccncc2)n1. The summed E-state index contributed by atoms with van der Waals surface area (Å²) >= 11 is 0. The summed E-state index contributed by atoms with van der Waals surface area (Å²) in [7, 11) is 1.93. The van der Waals surface area contributed by atoms with E-state index >= 15 is 0 Å². The number of hydrogen-bond acceptors (Lipinski definition) is 4. The number of aryl methyl sites for hydroxylation is 1. The molecule has 5 heteroatoms. The Balaban J connectivity index is 1.72. The molecular formula is C18H20N4O. The number of aromatic nitrogens is 3. The summed E-state index contributed by atoms with van der Waals surface area (Å²) in [6.07, 6.45) is 5.58. The van der Waals surface area contributed by atoms with Crippen LogP contribution in [-0.4, -0.2) is 19.9 Å². The van der Waals surface area contributed by atoms with Gasteiger partial charge in [-0.3, -0.25) is 9.67 Å². The molecule has 3 rings (SSSR count). The van der Waals surface area contributed by atoms with Crippen LogP contribution in [0.1, 0.15) is 16.7 Å². The standard InChI is InChI=1S/C18H20N4O/c1-22-12-17(18(21-22)14-6-8-19-9-7-14)11-20-10-15-4-2-3-5-16(15)13-23/h2-9,12,20,23H,10-11,13H2,1H3. The first-order valence-electron chi connectivity index (χ1n) is 7.59. The molecule has 0 saturated heterocycles. The number of rotatable bonds is 6. The van der Waals surface area contributed by atoms with Gasteiger partial charge in [0.05, 0.1) is 12.3 Å². The molecule has 0 aliphatic rings. The zero-order valence-corrected chi connectivity index (χ0v) is 13.1. The van der Waals surface area contributed by atoms with Crippen LogP contribution in [0.4, 0.5) is 0 Å². The van der Waals surface area contributed by atoms with Crippen LogP contribution in [0.2, 0.25) is 0 Å². The van der Waals surface area contributed by atoms with E-state index in [-0.39, 0.29) is 6.61 Å². The molecule has 2 N–H and O–H groups in total. The first-order chi connectivity index (χ1) is 11.3. The van der Waals surface area contributed by atoms with Crippen LogP contribution in [0.15, 0.2) is 55.0 Å².